The summed E-state index contributed by atoms with van der Waals surface area (Å²) in [6.45, 7) is 2.23. The molecule has 158 valence electrons. The zero-order valence-corrected chi connectivity index (χ0v) is 17.7. The van der Waals surface area contributed by atoms with Gasteiger partial charge >= 0.3 is 0 Å². The number of amides is 1. The molecule has 3 aromatic rings. The van der Waals surface area contributed by atoms with E-state index in [1.807, 2.05) is 61.5 Å². The molecule has 0 bridgehead atoms. The zero-order chi connectivity index (χ0) is 21.5. The largest absolute Gasteiger partial charge is 0.493 e. The van der Waals surface area contributed by atoms with E-state index in [4.69, 9.17) is 18.9 Å². The van der Waals surface area contributed by atoms with Gasteiger partial charge in [-0.05, 0) is 47.0 Å². The van der Waals surface area contributed by atoms with Gasteiger partial charge in [0.15, 0.2) is 17.6 Å². The lowest BCUT2D eigenvalue weighted by Gasteiger charge is -2.18. The van der Waals surface area contributed by atoms with Gasteiger partial charge in [0, 0.05) is 6.54 Å². The maximum atomic E-state index is 12.7. The second kappa shape index (κ2) is 9.87. The summed E-state index contributed by atoms with van der Waals surface area (Å²) >= 11 is 0. The number of benzene rings is 3. The fourth-order valence-electron chi connectivity index (χ4n) is 3.27. The number of carbonyl (C=O) groups excluding carboxylic acids is 1. The van der Waals surface area contributed by atoms with Crippen LogP contribution in [0.3, 0.4) is 0 Å². The molecule has 0 aliphatic heterocycles. The normalized spacial score (nSPS) is 11.6. The maximum Gasteiger partial charge on any atom is 0.261 e. The van der Waals surface area contributed by atoms with Crippen molar-refractivity contribution in [2.45, 2.75) is 26.0 Å². The number of rotatable bonds is 9. The molecule has 1 N–H and O–H groups in total. The molecule has 1 atom stereocenters. The second-order valence-electron chi connectivity index (χ2n) is 6.78. The molecule has 0 aliphatic rings. The molecule has 3 aromatic carbocycles. The van der Waals surface area contributed by atoms with Crippen molar-refractivity contribution in [3.05, 3.63) is 60.2 Å². The molecule has 0 aliphatic carbocycles. The van der Waals surface area contributed by atoms with Crippen LogP contribution in [-0.4, -0.2) is 33.3 Å². The lowest BCUT2D eigenvalue weighted by Crippen LogP contribution is -2.37. The molecule has 0 heterocycles. The van der Waals surface area contributed by atoms with Crippen molar-refractivity contribution < 1.29 is 23.7 Å². The van der Waals surface area contributed by atoms with Crippen LogP contribution >= 0.6 is 0 Å². The Morgan fingerprint density at radius 3 is 2.17 bits per heavy atom. The molecule has 0 fully saturated rings. The van der Waals surface area contributed by atoms with E-state index in [-0.39, 0.29) is 5.91 Å². The Morgan fingerprint density at radius 1 is 0.900 bits per heavy atom. The third-order valence-electron chi connectivity index (χ3n) is 4.85. The van der Waals surface area contributed by atoms with Gasteiger partial charge in [-0.15, -0.1) is 0 Å². The highest BCUT2D eigenvalue weighted by Gasteiger charge is 2.19. The van der Waals surface area contributed by atoms with Gasteiger partial charge in [0.25, 0.3) is 5.91 Å². The third kappa shape index (κ3) is 4.76. The second-order valence-corrected chi connectivity index (χ2v) is 6.78. The first-order valence-electron chi connectivity index (χ1n) is 9.81. The van der Waals surface area contributed by atoms with Crippen LogP contribution in [-0.2, 0) is 11.3 Å². The predicted molar refractivity (Wildman–Crippen MR) is 117 cm³/mol. The van der Waals surface area contributed by atoms with Gasteiger partial charge in [0.1, 0.15) is 5.75 Å². The molecule has 1 amide bonds. The number of fused-ring (bicyclic) bond motifs is 1. The number of hydrogen-bond donors (Lipinski definition) is 1. The molecule has 0 spiro atoms. The Morgan fingerprint density at radius 2 is 1.57 bits per heavy atom. The van der Waals surface area contributed by atoms with Gasteiger partial charge in [0.05, 0.1) is 21.3 Å². The molecule has 3 rings (SSSR count). The molecule has 6 heteroatoms. The first-order chi connectivity index (χ1) is 14.6. The Bertz CT molecular complexity index is 992. The van der Waals surface area contributed by atoms with Crippen molar-refractivity contribution in [1.82, 2.24) is 5.32 Å². The van der Waals surface area contributed by atoms with Crippen LogP contribution in [0, 0.1) is 0 Å². The number of nitrogens with one attached hydrogen (secondary N) is 1. The molecule has 0 saturated heterocycles. The average molecular weight is 409 g/mol. The van der Waals surface area contributed by atoms with Crippen LogP contribution in [0.15, 0.2) is 54.6 Å². The Kier molecular flexibility index (Phi) is 7.01. The fourth-order valence-corrected chi connectivity index (χ4v) is 3.27. The van der Waals surface area contributed by atoms with E-state index >= 15 is 0 Å². The fraction of sp³-hybridized carbons (Fsp3) is 0.292. The maximum absolute atomic E-state index is 12.7. The van der Waals surface area contributed by atoms with E-state index in [9.17, 15) is 4.79 Å². The van der Waals surface area contributed by atoms with E-state index in [0.29, 0.717) is 36.0 Å². The zero-order valence-electron chi connectivity index (χ0n) is 17.7. The van der Waals surface area contributed by atoms with Crippen molar-refractivity contribution in [2.75, 3.05) is 21.3 Å². The van der Waals surface area contributed by atoms with E-state index < -0.39 is 6.10 Å². The summed E-state index contributed by atoms with van der Waals surface area (Å²) < 4.78 is 22.0. The predicted octanol–water partition coefficient (Wildman–Crippen LogP) is 4.34. The molecule has 0 aromatic heterocycles. The van der Waals surface area contributed by atoms with Gasteiger partial charge in [-0.3, -0.25) is 4.79 Å². The van der Waals surface area contributed by atoms with Crippen LogP contribution in [0.5, 0.6) is 23.0 Å². The van der Waals surface area contributed by atoms with E-state index in [2.05, 4.69) is 5.32 Å². The van der Waals surface area contributed by atoms with Crippen LogP contribution < -0.4 is 24.3 Å². The molecule has 0 unspecified atom stereocenters. The molecule has 6 nitrogen and oxygen atoms in total. The average Bonchev–Trinajstić information content (AvgIpc) is 2.79. The summed E-state index contributed by atoms with van der Waals surface area (Å²) in [5.41, 5.74) is 0.832. The first kappa shape index (κ1) is 21.3. The van der Waals surface area contributed by atoms with Gasteiger partial charge < -0.3 is 24.3 Å². The van der Waals surface area contributed by atoms with E-state index in [1.54, 1.807) is 21.3 Å². The number of hydrogen-bond acceptors (Lipinski definition) is 5. The third-order valence-corrected chi connectivity index (χ3v) is 4.85. The highest BCUT2D eigenvalue weighted by atomic mass is 16.5. The smallest absolute Gasteiger partial charge is 0.261 e. The highest BCUT2D eigenvalue weighted by molar-refractivity contribution is 5.84. The SMILES string of the molecule is CC[C@@H](Oc1ccc2ccccc2c1)C(=O)NCc1cc(OC)c(OC)c(OC)c1. The molecule has 0 radical (unpaired) electrons. The van der Waals surface area contributed by atoms with Crippen molar-refractivity contribution in [1.29, 1.82) is 0 Å². The number of ether oxygens (including phenoxy) is 4. The van der Waals surface area contributed by atoms with Crippen molar-refractivity contribution in [3.63, 3.8) is 0 Å². The molecular formula is C24H27NO5. The van der Waals surface area contributed by atoms with Gasteiger partial charge in [0.2, 0.25) is 5.75 Å². The summed E-state index contributed by atoms with van der Waals surface area (Å²) in [4.78, 5) is 12.7. The first-order valence-corrected chi connectivity index (χ1v) is 9.81. The standard InChI is InChI=1S/C24H27NO5/c1-5-20(30-19-11-10-17-8-6-7-9-18(17)14-19)24(26)25-15-16-12-21(27-2)23(29-4)22(13-16)28-3/h6-14,20H,5,15H2,1-4H3,(H,25,26)/t20-/m1/s1. The number of carbonyl (C=O) groups is 1. The van der Waals surface area contributed by atoms with Crippen LogP contribution in [0.25, 0.3) is 10.8 Å². The van der Waals surface area contributed by atoms with E-state index in [1.165, 1.54) is 0 Å². The minimum atomic E-state index is -0.590. The van der Waals surface area contributed by atoms with Crippen LogP contribution in [0.1, 0.15) is 18.9 Å². The minimum absolute atomic E-state index is 0.181. The highest BCUT2D eigenvalue weighted by Crippen LogP contribution is 2.38. The minimum Gasteiger partial charge on any atom is -0.493 e. The molecule has 0 saturated carbocycles. The summed E-state index contributed by atoms with van der Waals surface area (Å²) in [6, 6.07) is 17.5. The summed E-state index contributed by atoms with van der Waals surface area (Å²) in [6.07, 6.45) is -0.0401. The van der Waals surface area contributed by atoms with Gasteiger partial charge in [-0.2, -0.15) is 0 Å². The number of methoxy groups -OCH3 is 3. The Hall–Kier alpha value is -3.41. The summed E-state index contributed by atoms with van der Waals surface area (Å²) in [5, 5.41) is 5.13. The topological polar surface area (TPSA) is 66.0 Å². The lowest BCUT2D eigenvalue weighted by molar-refractivity contribution is -0.128. The molecular weight excluding hydrogens is 382 g/mol. The van der Waals surface area contributed by atoms with Gasteiger partial charge in [-0.1, -0.05) is 37.3 Å². The van der Waals surface area contributed by atoms with Crippen molar-refractivity contribution in [2.24, 2.45) is 0 Å². The monoisotopic (exact) mass is 409 g/mol. The van der Waals surface area contributed by atoms with Crippen LogP contribution in [0.2, 0.25) is 0 Å². The summed E-state index contributed by atoms with van der Waals surface area (Å²) in [7, 11) is 4.67. The van der Waals surface area contributed by atoms with E-state index in [0.717, 1.165) is 16.3 Å². The molecule has 30 heavy (non-hydrogen) atoms. The van der Waals surface area contributed by atoms with Gasteiger partial charge in [-0.25, -0.2) is 0 Å². The quantitative estimate of drug-likeness (QED) is 0.570. The Labute approximate surface area is 176 Å². The Balaban J connectivity index is 1.69. The summed E-state index contributed by atoms with van der Waals surface area (Å²) in [5.74, 6) is 2.09. The van der Waals surface area contributed by atoms with Crippen molar-refractivity contribution >= 4 is 16.7 Å². The van der Waals surface area contributed by atoms with Crippen molar-refractivity contribution in [3.8, 4) is 23.0 Å². The van der Waals surface area contributed by atoms with Crippen LogP contribution in [0.4, 0.5) is 0 Å². The lowest BCUT2D eigenvalue weighted by atomic mass is 10.1.